The van der Waals surface area contributed by atoms with E-state index in [1.54, 1.807) is 12.1 Å². The molecule has 0 aliphatic rings. The van der Waals surface area contributed by atoms with Crippen LogP contribution in [0, 0.1) is 18.8 Å². The van der Waals surface area contributed by atoms with Crippen LogP contribution < -0.4 is 0 Å². The van der Waals surface area contributed by atoms with Crippen molar-refractivity contribution < 1.29 is 8.78 Å². The quantitative estimate of drug-likeness (QED) is 0.650. The van der Waals surface area contributed by atoms with E-state index < -0.39 is 11.9 Å². The molecule has 2 rings (SSSR count). The largest absolute Gasteiger partial charge is 0.223 e. The van der Waals surface area contributed by atoms with Gasteiger partial charge in [-0.25, -0.2) is 0 Å². The summed E-state index contributed by atoms with van der Waals surface area (Å²) in [6, 6.07) is 9.86. The lowest BCUT2D eigenvalue weighted by Crippen LogP contribution is -1.91. The highest BCUT2D eigenvalue weighted by Gasteiger charge is 2.06. The van der Waals surface area contributed by atoms with Gasteiger partial charge in [0.15, 0.2) is 0 Å². The van der Waals surface area contributed by atoms with Gasteiger partial charge in [0.2, 0.25) is 11.9 Å². The van der Waals surface area contributed by atoms with Crippen LogP contribution in [0.4, 0.5) is 8.78 Å². The summed E-state index contributed by atoms with van der Waals surface area (Å²) in [6.45, 7) is 1.95. The number of aromatic nitrogens is 1. The predicted molar refractivity (Wildman–Crippen MR) is 54.3 cm³/mol. The van der Waals surface area contributed by atoms with E-state index in [-0.39, 0.29) is 0 Å². The fourth-order valence-electron chi connectivity index (χ4n) is 1.36. The van der Waals surface area contributed by atoms with Crippen molar-refractivity contribution in [3.05, 3.63) is 53.9 Å². The van der Waals surface area contributed by atoms with Gasteiger partial charge in [0.1, 0.15) is 0 Å². The topological polar surface area (TPSA) is 12.9 Å². The Hall–Kier alpha value is -1.77. The molecule has 0 radical (unpaired) electrons. The van der Waals surface area contributed by atoms with Crippen molar-refractivity contribution in [1.82, 2.24) is 4.98 Å². The molecule has 0 fully saturated rings. The number of aryl methyl sites for hydroxylation is 1. The summed E-state index contributed by atoms with van der Waals surface area (Å²) >= 11 is 0. The van der Waals surface area contributed by atoms with Gasteiger partial charge >= 0.3 is 0 Å². The second-order valence-electron chi connectivity index (χ2n) is 3.34. The molecule has 0 unspecified atom stereocenters. The van der Waals surface area contributed by atoms with Crippen LogP contribution in [0.15, 0.2) is 36.4 Å². The first-order chi connectivity index (χ1) is 7.16. The fraction of sp³-hybridized carbons (Fsp3) is 0.0833. The molecule has 1 aromatic heterocycles. The van der Waals surface area contributed by atoms with Gasteiger partial charge in [-0.1, -0.05) is 29.8 Å². The number of rotatable bonds is 1. The summed E-state index contributed by atoms with van der Waals surface area (Å²) in [7, 11) is 0. The second-order valence-corrected chi connectivity index (χ2v) is 3.34. The summed E-state index contributed by atoms with van der Waals surface area (Å²) < 4.78 is 25.9. The van der Waals surface area contributed by atoms with Crippen LogP contribution in [0.25, 0.3) is 11.1 Å². The zero-order valence-corrected chi connectivity index (χ0v) is 8.17. The van der Waals surface area contributed by atoms with Crippen molar-refractivity contribution in [1.29, 1.82) is 0 Å². The number of hydrogen-bond donors (Lipinski definition) is 0. The first-order valence-corrected chi connectivity index (χ1v) is 4.56. The van der Waals surface area contributed by atoms with Gasteiger partial charge in [-0.2, -0.15) is 13.8 Å². The average molecular weight is 205 g/mol. The average Bonchev–Trinajstić information content (AvgIpc) is 2.20. The molecule has 0 N–H and O–H groups in total. The lowest BCUT2D eigenvalue weighted by molar-refractivity contribution is 0.515. The van der Waals surface area contributed by atoms with Crippen LogP contribution in [-0.2, 0) is 0 Å². The lowest BCUT2D eigenvalue weighted by atomic mass is 10.1. The van der Waals surface area contributed by atoms with E-state index in [0.29, 0.717) is 11.1 Å². The summed E-state index contributed by atoms with van der Waals surface area (Å²) in [5.41, 5.74) is 2.11. The van der Waals surface area contributed by atoms with Gasteiger partial charge in [0.05, 0.1) is 0 Å². The summed E-state index contributed by atoms with van der Waals surface area (Å²) in [5, 5.41) is 0. The highest BCUT2D eigenvalue weighted by molar-refractivity contribution is 5.63. The van der Waals surface area contributed by atoms with Crippen molar-refractivity contribution in [3.8, 4) is 11.1 Å². The van der Waals surface area contributed by atoms with Gasteiger partial charge < -0.3 is 0 Å². The Morgan fingerprint density at radius 2 is 1.60 bits per heavy atom. The molecule has 0 spiro atoms. The van der Waals surface area contributed by atoms with Crippen LogP contribution in [0.3, 0.4) is 0 Å². The minimum absolute atomic E-state index is 0.316. The maximum Gasteiger partial charge on any atom is 0.223 e. The van der Waals surface area contributed by atoms with E-state index >= 15 is 0 Å². The lowest BCUT2D eigenvalue weighted by Gasteiger charge is -2.02. The number of nitrogens with zero attached hydrogens (tertiary/aromatic N) is 1. The van der Waals surface area contributed by atoms with Crippen LogP contribution >= 0.6 is 0 Å². The second kappa shape index (κ2) is 3.77. The zero-order valence-electron chi connectivity index (χ0n) is 8.17. The predicted octanol–water partition coefficient (Wildman–Crippen LogP) is 3.34. The van der Waals surface area contributed by atoms with Crippen LogP contribution in [-0.4, -0.2) is 4.98 Å². The van der Waals surface area contributed by atoms with E-state index in [9.17, 15) is 8.78 Å². The minimum Gasteiger partial charge on any atom is -0.190 e. The van der Waals surface area contributed by atoms with E-state index in [1.165, 1.54) is 6.07 Å². The summed E-state index contributed by atoms with van der Waals surface area (Å²) in [5.74, 6) is -1.58. The molecule has 1 nitrogen and oxygen atoms in total. The molecule has 2 aromatic rings. The van der Waals surface area contributed by atoms with Gasteiger partial charge in [-0.3, -0.25) is 0 Å². The van der Waals surface area contributed by atoms with Gasteiger partial charge in [0, 0.05) is 5.56 Å². The van der Waals surface area contributed by atoms with Crippen LogP contribution in [0.2, 0.25) is 0 Å². The first kappa shape index (κ1) is 9.77. The van der Waals surface area contributed by atoms with Crippen LogP contribution in [0.1, 0.15) is 5.56 Å². The molecule has 3 heteroatoms. The van der Waals surface area contributed by atoms with E-state index in [4.69, 9.17) is 0 Å². The normalized spacial score (nSPS) is 10.3. The molecule has 0 amide bonds. The van der Waals surface area contributed by atoms with E-state index in [0.717, 1.165) is 11.6 Å². The van der Waals surface area contributed by atoms with Crippen molar-refractivity contribution >= 4 is 0 Å². The molecule has 0 atom stereocenters. The Morgan fingerprint density at radius 1 is 0.933 bits per heavy atom. The van der Waals surface area contributed by atoms with Crippen molar-refractivity contribution in [2.45, 2.75) is 6.92 Å². The molecule has 76 valence electrons. The Balaban J connectivity index is 2.49. The van der Waals surface area contributed by atoms with Crippen molar-refractivity contribution in [2.75, 3.05) is 0 Å². The number of halogens is 2. The molecular formula is C12H9F2N. The van der Waals surface area contributed by atoms with Crippen molar-refractivity contribution in [3.63, 3.8) is 0 Å². The third-order valence-electron chi connectivity index (χ3n) is 2.18. The van der Waals surface area contributed by atoms with Crippen molar-refractivity contribution in [2.24, 2.45) is 0 Å². The molecule has 0 aliphatic carbocycles. The summed E-state index contributed by atoms with van der Waals surface area (Å²) in [6.07, 6.45) is 0. The van der Waals surface area contributed by atoms with E-state index in [2.05, 4.69) is 4.98 Å². The Kier molecular flexibility index (Phi) is 2.46. The third-order valence-corrected chi connectivity index (χ3v) is 2.18. The Bertz CT molecular complexity index is 477. The van der Waals surface area contributed by atoms with Gasteiger partial charge in [0.25, 0.3) is 0 Å². The molecule has 0 saturated carbocycles. The van der Waals surface area contributed by atoms with Crippen LogP contribution in [0.5, 0.6) is 0 Å². The maximum atomic E-state index is 13.3. The molecular weight excluding hydrogens is 196 g/mol. The fourth-order valence-corrected chi connectivity index (χ4v) is 1.36. The van der Waals surface area contributed by atoms with Gasteiger partial charge in [-0.05, 0) is 24.6 Å². The van der Waals surface area contributed by atoms with Gasteiger partial charge in [-0.15, -0.1) is 0 Å². The zero-order chi connectivity index (χ0) is 10.8. The smallest absolute Gasteiger partial charge is 0.190 e. The number of benzene rings is 1. The molecule has 1 aromatic carbocycles. The Morgan fingerprint density at radius 3 is 2.20 bits per heavy atom. The highest BCUT2D eigenvalue weighted by atomic mass is 19.1. The molecule has 0 saturated heterocycles. The minimum atomic E-state index is -0.802. The highest BCUT2D eigenvalue weighted by Crippen LogP contribution is 2.21. The SMILES string of the molecule is Cc1ccc(-c2ccc(F)nc2F)cc1. The molecule has 15 heavy (non-hydrogen) atoms. The summed E-state index contributed by atoms with van der Waals surface area (Å²) in [4.78, 5) is 3.14. The molecule has 1 heterocycles. The molecule has 0 bridgehead atoms. The Labute approximate surface area is 86.4 Å². The number of pyridine rings is 1. The van der Waals surface area contributed by atoms with E-state index in [1.807, 2.05) is 19.1 Å². The maximum absolute atomic E-state index is 13.3. The molecule has 0 aliphatic heterocycles. The standard InChI is InChI=1S/C12H9F2N/c1-8-2-4-9(5-3-8)10-6-7-11(13)15-12(10)14/h2-7H,1H3. The number of hydrogen-bond acceptors (Lipinski definition) is 1. The monoisotopic (exact) mass is 205 g/mol. The third kappa shape index (κ3) is 2.01. The first-order valence-electron chi connectivity index (χ1n) is 4.56.